The molecule has 9 heteroatoms. The first-order valence-corrected chi connectivity index (χ1v) is 9.68. The zero-order valence-corrected chi connectivity index (χ0v) is 15.3. The molecule has 25 heavy (non-hydrogen) atoms. The number of hydrogen-bond donors (Lipinski definition) is 2. The molecule has 3 N–H and O–H groups in total. The van der Waals surface area contributed by atoms with Crippen molar-refractivity contribution < 1.29 is 18.0 Å². The van der Waals surface area contributed by atoms with Gasteiger partial charge in [-0.25, -0.2) is 18.4 Å². The number of carbonyl (C=O) groups excluding carboxylic acids is 2. The van der Waals surface area contributed by atoms with Gasteiger partial charge >= 0.3 is 6.03 Å². The standard InChI is InChI=1S/C16H24N4O4S/c1-12(2)11-15(21)19-7-9-20(10-8-19)16(22)18-13-3-5-14(6-4-13)25(17,23)24/h3-6,12H,7-11H2,1-2H3,(H,18,22)(H2,17,23,24). The summed E-state index contributed by atoms with van der Waals surface area (Å²) in [4.78, 5) is 27.7. The summed E-state index contributed by atoms with van der Waals surface area (Å²) in [6, 6.07) is 5.38. The number of benzene rings is 1. The Bertz CT molecular complexity index is 723. The van der Waals surface area contributed by atoms with Gasteiger partial charge in [-0.1, -0.05) is 13.8 Å². The zero-order chi connectivity index (χ0) is 18.6. The fourth-order valence-corrected chi connectivity index (χ4v) is 3.08. The number of piperazine rings is 1. The van der Waals surface area contributed by atoms with Crippen molar-refractivity contribution in [3.63, 3.8) is 0 Å². The Kier molecular flexibility index (Phi) is 6.02. The highest BCUT2D eigenvalue weighted by Crippen LogP contribution is 2.14. The minimum atomic E-state index is -3.75. The van der Waals surface area contributed by atoms with E-state index in [0.29, 0.717) is 44.2 Å². The number of nitrogens with two attached hydrogens (primary N) is 1. The highest BCUT2D eigenvalue weighted by Gasteiger charge is 2.24. The first kappa shape index (κ1) is 19.2. The number of carbonyl (C=O) groups is 2. The van der Waals surface area contributed by atoms with E-state index in [1.165, 1.54) is 24.3 Å². The van der Waals surface area contributed by atoms with Crippen LogP contribution in [0.25, 0.3) is 0 Å². The monoisotopic (exact) mass is 368 g/mol. The van der Waals surface area contributed by atoms with Crippen LogP contribution >= 0.6 is 0 Å². The lowest BCUT2D eigenvalue weighted by Gasteiger charge is -2.35. The van der Waals surface area contributed by atoms with E-state index in [2.05, 4.69) is 5.32 Å². The molecule has 1 heterocycles. The molecule has 1 aliphatic rings. The topological polar surface area (TPSA) is 113 Å². The third-order valence-electron chi connectivity index (χ3n) is 3.94. The van der Waals surface area contributed by atoms with Crippen molar-refractivity contribution in [2.24, 2.45) is 11.1 Å². The molecule has 1 aliphatic heterocycles. The third-order valence-corrected chi connectivity index (χ3v) is 4.87. The van der Waals surface area contributed by atoms with Gasteiger partial charge in [-0.3, -0.25) is 4.79 Å². The highest BCUT2D eigenvalue weighted by molar-refractivity contribution is 7.89. The van der Waals surface area contributed by atoms with Crippen LogP contribution in [0.15, 0.2) is 29.2 Å². The molecule has 0 saturated carbocycles. The van der Waals surface area contributed by atoms with Crippen LogP contribution in [0.5, 0.6) is 0 Å². The van der Waals surface area contributed by atoms with E-state index in [1.54, 1.807) is 9.80 Å². The molecule has 8 nitrogen and oxygen atoms in total. The molecule has 0 atom stereocenters. The van der Waals surface area contributed by atoms with Crippen molar-refractivity contribution in [3.8, 4) is 0 Å². The van der Waals surface area contributed by atoms with E-state index >= 15 is 0 Å². The third kappa shape index (κ3) is 5.43. The number of rotatable bonds is 4. The molecule has 1 fully saturated rings. The second kappa shape index (κ2) is 7.83. The van der Waals surface area contributed by atoms with Gasteiger partial charge in [-0.05, 0) is 30.2 Å². The summed E-state index contributed by atoms with van der Waals surface area (Å²) in [5, 5.41) is 7.75. The maximum absolute atomic E-state index is 12.3. The molecule has 0 unspecified atom stereocenters. The predicted octanol–water partition coefficient (Wildman–Crippen LogP) is 1.06. The summed E-state index contributed by atoms with van der Waals surface area (Å²) < 4.78 is 22.4. The number of nitrogens with one attached hydrogen (secondary N) is 1. The van der Waals surface area contributed by atoms with E-state index in [0.717, 1.165) is 0 Å². The molecule has 138 valence electrons. The minimum Gasteiger partial charge on any atom is -0.339 e. The molecule has 1 aromatic rings. The Hall–Kier alpha value is -2.13. The first-order chi connectivity index (χ1) is 11.7. The van der Waals surface area contributed by atoms with Crippen LogP contribution in [0.2, 0.25) is 0 Å². The first-order valence-electron chi connectivity index (χ1n) is 8.13. The normalized spacial score (nSPS) is 15.4. The van der Waals surface area contributed by atoms with Crippen LogP contribution in [0.3, 0.4) is 0 Å². The Morgan fingerprint density at radius 2 is 1.60 bits per heavy atom. The number of hydrogen-bond acceptors (Lipinski definition) is 4. The molecular formula is C16H24N4O4S. The van der Waals surface area contributed by atoms with Gasteiger partial charge in [0.2, 0.25) is 15.9 Å². The molecule has 0 aromatic heterocycles. The number of primary sulfonamides is 1. The van der Waals surface area contributed by atoms with E-state index in [4.69, 9.17) is 5.14 Å². The average Bonchev–Trinajstić information content (AvgIpc) is 2.54. The summed E-state index contributed by atoms with van der Waals surface area (Å²) in [7, 11) is -3.75. The number of anilines is 1. The Labute approximate surface area is 148 Å². The van der Waals surface area contributed by atoms with Crippen LogP contribution in [-0.2, 0) is 14.8 Å². The molecular weight excluding hydrogens is 344 g/mol. The van der Waals surface area contributed by atoms with E-state index in [1.807, 2.05) is 13.8 Å². The van der Waals surface area contributed by atoms with Crippen LogP contribution in [0.4, 0.5) is 10.5 Å². The van der Waals surface area contributed by atoms with Crippen molar-refractivity contribution in [1.29, 1.82) is 0 Å². The van der Waals surface area contributed by atoms with Crippen LogP contribution in [-0.4, -0.2) is 56.3 Å². The van der Waals surface area contributed by atoms with E-state index in [-0.39, 0.29) is 16.8 Å². The van der Waals surface area contributed by atoms with E-state index in [9.17, 15) is 18.0 Å². The molecule has 0 spiro atoms. The van der Waals surface area contributed by atoms with Crippen molar-refractivity contribution in [2.75, 3.05) is 31.5 Å². The summed E-state index contributed by atoms with van der Waals surface area (Å²) >= 11 is 0. The molecule has 2 rings (SSSR count). The lowest BCUT2D eigenvalue weighted by Crippen LogP contribution is -2.51. The van der Waals surface area contributed by atoms with Crippen molar-refractivity contribution >= 4 is 27.6 Å². The van der Waals surface area contributed by atoms with Gasteiger partial charge in [0, 0.05) is 38.3 Å². The Morgan fingerprint density at radius 3 is 2.08 bits per heavy atom. The van der Waals surface area contributed by atoms with Crippen molar-refractivity contribution in [2.45, 2.75) is 25.2 Å². The second-order valence-electron chi connectivity index (χ2n) is 6.47. The van der Waals surface area contributed by atoms with Crippen molar-refractivity contribution in [1.82, 2.24) is 9.80 Å². The van der Waals surface area contributed by atoms with Crippen LogP contribution in [0.1, 0.15) is 20.3 Å². The molecule has 0 bridgehead atoms. The second-order valence-corrected chi connectivity index (χ2v) is 8.03. The maximum atomic E-state index is 12.3. The molecule has 0 aliphatic carbocycles. The van der Waals surface area contributed by atoms with Crippen LogP contribution < -0.4 is 10.5 Å². The highest BCUT2D eigenvalue weighted by atomic mass is 32.2. The minimum absolute atomic E-state index is 0.0113. The Balaban J connectivity index is 1.87. The van der Waals surface area contributed by atoms with E-state index < -0.39 is 10.0 Å². The lowest BCUT2D eigenvalue weighted by molar-refractivity contribution is -0.133. The van der Waals surface area contributed by atoms with Gasteiger partial charge in [-0.15, -0.1) is 0 Å². The molecule has 1 aromatic carbocycles. The molecule has 0 radical (unpaired) electrons. The van der Waals surface area contributed by atoms with Crippen LogP contribution in [0, 0.1) is 5.92 Å². The number of sulfonamides is 1. The summed E-state index contributed by atoms with van der Waals surface area (Å²) in [6.45, 7) is 5.97. The fraction of sp³-hybridized carbons (Fsp3) is 0.500. The predicted molar refractivity (Wildman–Crippen MR) is 94.4 cm³/mol. The van der Waals surface area contributed by atoms with Gasteiger partial charge in [0.05, 0.1) is 4.90 Å². The smallest absolute Gasteiger partial charge is 0.321 e. The summed E-state index contributed by atoms with van der Waals surface area (Å²) in [5.74, 6) is 0.433. The quantitative estimate of drug-likeness (QED) is 0.827. The van der Waals surface area contributed by atoms with Gasteiger partial charge in [0.25, 0.3) is 0 Å². The zero-order valence-electron chi connectivity index (χ0n) is 14.4. The number of urea groups is 1. The Morgan fingerprint density at radius 1 is 1.08 bits per heavy atom. The number of amides is 3. The van der Waals surface area contributed by atoms with Gasteiger partial charge in [-0.2, -0.15) is 0 Å². The maximum Gasteiger partial charge on any atom is 0.321 e. The summed E-state index contributed by atoms with van der Waals surface area (Å²) in [6.07, 6.45) is 0.516. The SMILES string of the molecule is CC(C)CC(=O)N1CCN(C(=O)Nc2ccc(S(N)(=O)=O)cc2)CC1. The lowest BCUT2D eigenvalue weighted by atomic mass is 10.1. The van der Waals surface area contributed by atoms with Gasteiger partial charge in [0.15, 0.2) is 0 Å². The number of nitrogens with zero attached hydrogens (tertiary/aromatic N) is 2. The van der Waals surface area contributed by atoms with Crippen molar-refractivity contribution in [3.05, 3.63) is 24.3 Å². The van der Waals surface area contributed by atoms with Gasteiger partial charge in [0.1, 0.15) is 0 Å². The fourth-order valence-electron chi connectivity index (χ4n) is 2.57. The van der Waals surface area contributed by atoms with Gasteiger partial charge < -0.3 is 15.1 Å². The molecule has 3 amide bonds. The largest absolute Gasteiger partial charge is 0.339 e. The average molecular weight is 368 g/mol. The molecule has 1 saturated heterocycles. The summed E-state index contributed by atoms with van der Waals surface area (Å²) in [5.41, 5.74) is 0.482.